The highest BCUT2D eigenvalue weighted by atomic mass is 35.5. The Morgan fingerprint density at radius 1 is 1.09 bits per heavy atom. The lowest BCUT2D eigenvalue weighted by Gasteiger charge is -2.07. The maximum absolute atomic E-state index is 12.0. The van der Waals surface area contributed by atoms with Crippen molar-refractivity contribution in [3.63, 3.8) is 0 Å². The molecule has 2 aromatic rings. The minimum atomic E-state index is -3.60. The molecule has 23 heavy (non-hydrogen) atoms. The summed E-state index contributed by atoms with van der Waals surface area (Å²) in [5, 5.41) is 0.419. The van der Waals surface area contributed by atoms with Gasteiger partial charge in [0, 0.05) is 11.4 Å². The molecule has 2 amide bonds. The third kappa shape index (κ3) is 4.83. The molecule has 0 fully saturated rings. The Balaban J connectivity index is 1.84. The largest absolute Gasteiger partial charge is 0.459 e. The van der Waals surface area contributed by atoms with Crippen molar-refractivity contribution in [1.82, 2.24) is 10.9 Å². The highest BCUT2D eigenvalue weighted by molar-refractivity contribution is 7.91. The molecular weight excluding hydrogens is 344 g/mol. The van der Waals surface area contributed by atoms with E-state index in [-0.39, 0.29) is 17.1 Å². The van der Waals surface area contributed by atoms with Crippen LogP contribution in [0.1, 0.15) is 17.0 Å². The predicted molar refractivity (Wildman–Crippen MR) is 82.4 cm³/mol. The van der Waals surface area contributed by atoms with Crippen molar-refractivity contribution in [2.24, 2.45) is 0 Å². The van der Waals surface area contributed by atoms with Gasteiger partial charge in [-0.25, -0.2) is 8.42 Å². The van der Waals surface area contributed by atoms with E-state index in [9.17, 15) is 18.0 Å². The Kier molecular flexibility index (Phi) is 5.41. The number of furan rings is 1. The fourth-order valence-corrected chi connectivity index (χ4v) is 3.01. The molecule has 0 saturated carbocycles. The van der Waals surface area contributed by atoms with Crippen LogP contribution >= 0.6 is 11.6 Å². The van der Waals surface area contributed by atoms with Crippen LogP contribution in [0.5, 0.6) is 0 Å². The second-order valence-corrected chi connectivity index (χ2v) is 7.05. The van der Waals surface area contributed by atoms with Crippen LogP contribution in [0.15, 0.2) is 52.0 Å². The number of hydrogen-bond acceptors (Lipinski definition) is 5. The maximum atomic E-state index is 12.0. The average molecular weight is 357 g/mol. The number of amides is 2. The Morgan fingerprint density at radius 3 is 2.39 bits per heavy atom. The number of hydrogen-bond donors (Lipinski definition) is 2. The fraction of sp³-hybridized carbons (Fsp3) is 0.143. The Morgan fingerprint density at radius 2 is 1.78 bits per heavy atom. The SMILES string of the molecule is O=C(CCS(=O)(=O)c1ccc(Cl)cc1)NNC(=O)c1ccco1. The van der Waals surface area contributed by atoms with Crippen LogP contribution < -0.4 is 10.9 Å². The Labute approximate surface area is 137 Å². The molecule has 7 nitrogen and oxygen atoms in total. The van der Waals surface area contributed by atoms with Crippen molar-refractivity contribution < 1.29 is 22.4 Å². The summed E-state index contributed by atoms with van der Waals surface area (Å²) in [5.74, 6) is -1.64. The van der Waals surface area contributed by atoms with Gasteiger partial charge in [0.2, 0.25) is 5.91 Å². The monoisotopic (exact) mass is 356 g/mol. The van der Waals surface area contributed by atoms with Gasteiger partial charge in [-0.15, -0.1) is 0 Å². The molecule has 1 aromatic heterocycles. The van der Waals surface area contributed by atoms with Gasteiger partial charge < -0.3 is 4.42 Å². The van der Waals surface area contributed by atoms with Gasteiger partial charge in [0.1, 0.15) is 0 Å². The van der Waals surface area contributed by atoms with Crippen LogP contribution in [-0.4, -0.2) is 26.0 Å². The Bertz CT molecular complexity index is 785. The second-order valence-electron chi connectivity index (χ2n) is 4.50. The van der Waals surface area contributed by atoms with Gasteiger partial charge in [-0.2, -0.15) is 0 Å². The molecule has 0 spiro atoms. The van der Waals surface area contributed by atoms with Gasteiger partial charge in [-0.3, -0.25) is 20.4 Å². The van der Waals surface area contributed by atoms with Crippen molar-refractivity contribution in [3.05, 3.63) is 53.4 Å². The molecule has 0 saturated heterocycles. The molecule has 0 atom stereocenters. The van der Waals surface area contributed by atoms with Crippen LogP contribution in [0, 0.1) is 0 Å². The first kappa shape index (κ1) is 17.0. The van der Waals surface area contributed by atoms with Gasteiger partial charge >= 0.3 is 5.91 Å². The van der Waals surface area contributed by atoms with Crippen LogP contribution in [0.4, 0.5) is 0 Å². The van der Waals surface area contributed by atoms with Gasteiger partial charge in [-0.1, -0.05) is 11.6 Å². The topological polar surface area (TPSA) is 105 Å². The molecule has 0 aliphatic heterocycles. The van der Waals surface area contributed by atoms with E-state index in [1.54, 1.807) is 0 Å². The number of halogens is 1. The molecular formula is C14H13ClN2O5S. The number of benzene rings is 1. The lowest BCUT2D eigenvalue weighted by Crippen LogP contribution is -2.42. The summed E-state index contributed by atoms with van der Waals surface area (Å²) in [4.78, 5) is 23.2. The highest BCUT2D eigenvalue weighted by Crippen LogP contribution is 2.15. The average Bonchev–Trinajstić information content (AvgIpc) is 3.05. The summed E-state index contributed by atoms with van der Waals surface area (Å²) in [6, 6.07) is 8.60. The molecule has 2 N–H and O–H groups in total. The maximum Gasteiger partial charge on any atom is 0.305 e. The lowest BCUT2D eigenvalue weighted by atomic mass is 10.4. The second kappa shape index (κ2) is 7.30. The summed E-state index contributed by atoms with van der Waals surface area (Å²) in [7, 11) is -3.60. The minimum Gasteiger partial charge on any atom is -0.459 e. The third-order valence-corrected chi connectivity index (χ3v) is 4.81. The van der Waals surface area contributed by atoms with Crippen molar-refractivity contribution in [3.8, 4) is 0 Å². The van der Waals surface area contributed by atoms with E-state index >= 15 is 0 Å². The molecule has 2 rings (SSSR count). The number of rotatable bonds is 5. The normalized spacial score (nSPS) is 11.0. The quantitative estimate of drug-likeness (QED) is 0.791. The van der Waals surface area contributed by atoms with E-state index in [1.165, 1.54) is 42.7 Å². The molecule has 0 unspecified atom stereocenters. The third-order valence-electron chi connectivity index (χ3n) is 2.83. The van der Waals surface area contributed by atoms with Crippen LogP contribution in [0.3, 0.4) is 0 Å². The molecule has 0 aliphatic carbocycles. The molecule has 9 heteroatoms. The van der Waals surface area contributed by atoms with Crippen molar-refractivity contribution in [1.29, 1.82) is 0 Å². The summed E-state index contributed by atoms with van der Waals surface area (Å²) < 4.78 is 28.9. The van der Waals surface area contributed by atoms with Crippen molar-refractivity contribution >= 4 is 33.3 Å². The molecule has 0 bridgehead atoms. The zero-order chi connectivity index (χ0) is 16.9. The summed E-state index contributed by atoms with van der Waals surface area (Å²) in [6.45, 7) is 0. The van der Waals surface area contributed by atoms with Crippen LogP contribution in [-0.2, 0) is 14.6 Å². The smallest absolute Gasteiger partial charge is 0.305 e. The molecule has 1 heterocycles. The predicted octanol–water partition coefficient (Wildman–Crippen LogP) is 1.56. The van der Waals surface area contributed by atoms with Gasteiger partial charge in [-0.05, 0) is 36.4 Å². The molecule has 122 valence electrons. The van der Waals surface area contributed by atoms with Crippen molar-refractivity contribution in [2.75, 3.05) is 5.75 Å². The number of sulfone groups is 1. The van der Waals surface area contributed by atoms with E-state index < -0.39 is 27.4 Å². The van der Waals surface area contributed by atoms with E-state index in [4.69, 9.17) is 16.0 Å². The lowest BCUT2D eigenvalue weighted by molar-refractivity contribution is -0.121. The fourth-order valence-electron chi connectivity index (χ4n) is 1.65. The van der Waals surface area contributed by atoms with Crippen molar-refractivity contribution in [2.45, 2.75) is 11.3 Å². The number of nitrogens with one attached hydrogen (secondary N) is 2. The first-order valence-corrected chi connectivity index (χ1v) is 8.52. The van der Waals surface area contributed by atoms with E-state index in [1.807, 2.05) is 0 Å². The van der Waals surface area contributed by atoms with Gasteiger partial charge in [0.15, 0.2) is 15.6 Å². The van der Waals surface area contributed by atoms with E-state index in [0.29, 0.717) is 5.02 Å². The zero-order valence-electron chi connectivity index (χ0n) is 11.8. The van der Waals surface area contributed by atoms with Crippen LogP contribution in [0.2, 0.25) is 5.02 Å². The Hall–Kier alpha value is -2.32. The summed E-state index contributed by atoms with van der Waals surface area (Å²) >= 11 is 5.70. The first-order chi connectivity index (χ1) is 10.9. The minimum absolute atomic E-state index is 0.0269. The summed E-state index contributed by atoms with van der Waals surface area (Å²) in [5.41, 5.74) is 4.24. The molecule has 0 aliphatic rings. The van der Waals surface area contributed by atoms with Gasteiger partial charge in [0.25, 0.3) is 0 Å². The summed E-state index contributed by atoms with van der Waals surface area (Å²) in [6.07, 6.45) is 1.01. The van der Waals surface area contributed by atoms with E-state index in [2.05, 4.69) is 10.9 Å². The first-order valence-electron chi connectivity index (χ1n) is 6.49. The van der Waals surface area contributed by atoms with Crippen LogP contribution in [0.25, 0.3) is 0 Å². The zero-order valence-corrected chi connectivity index (χ0v) is 13.4. The van der Waals surface area contributed by atoms with Gasteiger partial charge in [0.05, 0.1) is 16.9 Å². The number of carbonyl (C=O) groups excluding carboxylic acids is 2. The number of hydrazine groups is 1. The standard InChI is InChI=1S/C14H13ClN2O5S/c15-10-3-5-11(6-4-10)23(20,21)9-7-13(18)16-17-14(19)12-2-1-8-22-12/h1-6,8H,7,9H2,(H,16,18)(H,17,19). The number of carbonyl (C=O) groups is 2. The molecule has 0 radical (unpaired) electrons. The molecule has 1 aromatic carbocycles. The van der Waals surface area contributed by atoms with E-state index in [0.717, 1.165) is 0 Å². The highest BCUT2D eigenvalue weighted by Gasteiger charge is 2.17.